The van der Waals surface area contributed by atoms with Crippen LogP contribution in [0.25, 0.3) is 11.2 Å². The lowest BCUT2D eigenvalue weighted by Gasteiger charge is -2.01. The Kier molecular flexibility index (Phi) is 3.51. The fraction of sp³-hybridized carbons (Fsp3) is 0.500. The highest BCUT2D eigenvalue weighted by Crippen LogP contribution is 2.13. The third-order valence-electron chi connectivity index (χ3n) is 2.82. The molecule has 0 aliphatic heterocycles. The van der Waals surface area contributed by atoms with E-state index in [4.69, 9.17) is 5.73 Å². The van der Waals surface area contributed by atoms with Gasteiger partial charge in [-0.25, -0.2) is 9.97 Å². The van der Waals surface area contributed by atoms with Crippen LogP contribution in [0.4, 0.5) is 0 Å². The molecule has 0 atom stereocenters. The van der Waals surface area contributed by atoms with E-state index in [0.29, 0.717) is 0 Å². The number of pyridine rings is 1. The molecule has 86 valence electrons. The Labute approximate surface area is 95.5 Å². The zero-order valence-corrected chi connectivity index (χ0v) is 9.69. The summed E-state index contributed by atoms with van der Waals surface area (Å²) in [4.78, 5) is 8.91. The molecule has 2 rings (SSSR count). The number of hydrogen-bond donors (Lipinski definition) is 1. The predicted octanol–water partition coefficient (Wildman–Crippen LogP) is 1.64. The molecule has 16 heavy (non-hydrogen) atoms. The molecule has 0 amide bonds. The average molecular weight is 218 g/mol. The molecule has 0 fully saturated rings. The summed E-state index contributed by atoms with van der Waals surface area (Å²) >= 11 is 0. The Balaban J connectivity index is 2.09. The van der Waals surface area contributed by atoms with Gasteiger partial charge in [-0.1, -0.05) is 6.42 Å². The van der Waals surface area contributed by atoms with E-state index in [1.807, 2.05) is 25.4 Å². The molecule has 2 aromatic heterocycles. The largest absolute Gasteiger partial charge is 0.330 e. The van der Waals surface area contributed by atoms with Crippen LogP contribution in [-0.2, 0) is 13.5 Å². The zero-order chi connectivity index (χ0) is 11.4. The lowest BCUT2D eigenvalue weighted by molar-refractivity contribution is 0.655. The van der Waals surface area contributed by atoms with Gasteiger partial charge in [-0.2, -0.15) is 0 Å². The van der Waals surface area contributed by atoms with Crippen molar-refractivity contribution in [3.05, 3.63) is 24.2 Å². The number of hydrogen-bond acceptors (Lipinski definition) is 3. The molecule has 2 heterocycles. The van der Waals surface area contributed by atoms with Gasteiger partial charge in [0.05, 0.1) is 0 Å². The van der Waals surface area contributed by atoms with Crippen molar-refractivity contribution in [3.63, 3.8) is 0 Å². The fourth-order valence-corrected chi connectivity index (χ4v) is 1.90. The minimum Gasteiger partial charge on any atom is -0.330 e. The molecule has 0 saturated carbocycles. The highest BCUT2D eigenvalue weighted by molar-refractivity contribution is 5.70. The molecule has 0 spiro atoms. The molecule has 4 nitrogen and oxygen atoms in total. The quantitative estimate of drug-likeness (QED) is 0.776. The van der Waals surface area contributed by atoms with Crippen molar-refractivity contribution in [1.82, 2.24) is 14.5 Å². The molecular weight excluding hydrogens is 200 g/mol. The van der Waals surface area contributed by atoms with E-state index >= 15 is 0 Å². The van der Waals surface area contributed by atoms with Gasteiger partial charge in [0.15, 0.2) is 5.65 Å². The van der Waals surface area contributed by atoms with Crippen LogP contribution in [0.3, 0.4) is 0 Å². The highest BCUT2D eigenvalue weighted by atomic mass is 15.1. The first kappa shape index (κ1) is 11.1. The van der Waals surface area contributed by atoms with Crippen LogP contribution in [0.1, 0.15) is 25.1 Å². The summed E-state index contributed by atoms with van der Waals surface area (Å²) in [5.41, 5.74) is 7.42. The van der Waals surface area contributed by atoms with Crippen molar-refractivity contribution in [2.75, 3.05) is 6.54 Å². The standard InChI is InChI=1S/C12H18N4/c1-16-11(7-3-2-4-8-13)15-10-6-5-9-14-12(10)16/h5-6,9H,2-4,7-8,13H2,1H3. The van der Waals surface area contributed by atoms with Crippen molar-refractivity contribution in [1.29, 1.82) is 0 Å². The summed E-state index contributed by atoms with van der Waals surface area (Å²) in [5.74, 6) is 1.12. The number of aryl methyl sites for hydroxylation is 2. The third-order valence-corrected chi connectivity index (χ3v) is 2.82. The van der Waals surface area contributed by atoms with E-state index in [2.05, 4.69) is 14.5 Å². The molecular formula is C12H18N4. The van der Waals surface area contributed by atoms with Gasteiger partial charge < -0.3 is 10.3 Å². The van der Waals surface area contributed by atoms with E-state index in [0.717, 1.165) is 42.8 Å². The molecule has 0 bridgehead atoms. The van der Waals surface area contributed by atoms with Gasteiger partial charge in [0.1, 0.15) is 11.3 Å². The SMILES string of the molecule is Cn1c(CCCCCN)nc2cccnc21. The number of aromatic nitrogens is 3. The molecule has 2 aromatic rings. The van der Waals surface area contributed by atoms with Crippen molar-refractivity contribution < 1.29 is 0 Å². The van der Waals surface area contributed by atoms with E-state index < -0.39 is 0 Å². The topological polar surface area (TPSA) is 56.7 Å². The second kappa shape index (κ2) is 5.07. The monoisotopic (exact) mass is 218 g/mol. The lowest BCUT2D eigenvalue weighted by Crippen LogP contribution is -2.01. The van der Waals surface area contributed by atoms with E-state index in [1.165, 1.54) is 6.42 Å². The summed E-state index contributed by atoms with van der Waals surface area (Å²) < 4.78 is 2.08. The highest BCUT2D eigenvalue weighted by Gasteiger charge is 2.07. The third kappa shape index (κ3) is 2.22. The molecule has 2 N–H and O–H groups in total. The Morgan fingerprint density at radius 3 is 2.94 bits per heavy atom. The van der Waals surface area contributed by atoms with Crippen LogP contribution in [0, 0.1) is 0 Å². The number of fused-ring (bicyclic) bond motifs is 1. The average Bonchev–Trinajstić information content (AvgIpc) is 2.63. The van der Waals surface area contributed by atoms with Gasteiger partial charge in [0.2, 0.25) is 0 Å². The van der Waals surface area contributed by atoms with Crippen molar-refractivity contribution >= 4 is 11.2 Å². The van der Waals surface area contributed by atoms with Gasteiger partial charge in [-0.3, -0.25) is 0 Å². The molecule has 0 aliphatic rings. The van der Waals surface area contributed by atoms with Crippen LogP contribution in [-0.4, -0.2) is 21.1 Å². The van der Waals surface area contributed by atoms with Crippen LogP contribution in [0.15, 0.2) is 18.3 Å². The van der Waals surface area contributed by atoms with Gasteiger partial charge in [-0.05, 0) is 31.5 Å². The molecule has 0 saturated heterocycles. The maximum absolute atomic E-state index is 5.47. The minimum absolute atomic E-state index is 0.782. The van der Waals surface area contributed by atoms with Gasteiger partial charge >= 0.3 is 0 Å². The zero-order valence-electron chi connectivity index (χ0n) is 9.69. The van der Waals surface area contributed by atoms with Gasteiger partial charge in [0.25, 0.3) is 0 Å². The molecule has 0 radical (unpaired) electrons. The summed E-state index contributed by atoms with van der Waals surface area (Å²) in [6.07, 6.45) is 6.23. The first-order chi connectivity index (χ1) is 7.83. The van der Waals surface area contributed by atoms with E-state index in [-0.39, 0.29) is 0 Å². The van der Waals surface area contributed by atoms with E-state index in [1.54, 1.807) is 0 Å². The number of imidazole rings is 1. The summed E-state index contributed by atoms with van der Waals surface area (Å²) in [6.45, 7) is 0.782. The summed E-state index contributed by atoms with van der Waals surface area (Å²) in [6, 6.07) is 3.93. The number of unbranched alkanes of at least 4 members (excludes halogenated alkanes) is 2. The Bertz CT molecular complexity index is 461. The molecule has 4 heteroatoms. The van der Waals surface area contributed by atoms with Crippen molar-refractivity contribution in [2.45, 2.75) is 25.7 Å². The molecule has 0 aliphatic carbocycles. The van der Waals surface area contributed by atoms with Crippen LogP contribution in [0.5, 0.6) is 0 Å². The summed E-state index contributed by atoms with van der Waals surface area (Å²) in [7, 11) is 2.03. The predicted molar refractivity (Wildman–Crippen MR) is 65.1 cm³/mol. The van der Waals surface area contributed by atoms with Crippen molar-refractivity contribution in [3.8, 4) is 0 Å². The maximum Gasteiger partial charge on any atom is 0.159 e. The minimum atomic E-state index is 0.782. The second-order valence-electron chi connectivity index (χ2n) is 4.03. The van der Waals surface area contributed by atoms with Gasteiger partial charge in [0, 0.05) is 19.7 Å². The Morgan fingerprint density at radius 1 is 1.31 bits per heavy atom. The molecule has 0 aromatic carbocycles. The maximum atomic E-state index is 5.47. The number of nitrogens with zero attached hydrogens (tertiary/aromatic N) is 3. The normalized spacial score (nSPS) is 11.1. The smallest absolute Gasteiger partial charge is 0.159 e. The Morgan fingerprint density at radius 2 is 2.19 bits per heavy atom. The first-order valence-corrected chi connectivity index (χ1v) is 5.79. The fourth-order valence-electron chi connectivity index (χ4n) is 1.90. The second-order valence-corrected chi connectivity index (χ2v) is 4.03. The Hall–Kier alpha value is -1.42. The number of rotatable bonds is 5. The van der Waals surface area contributed by atoms with Crippen LogP contribution < -0.4 is 5.73 Å². The first-order valence-electron chi connectivity index (χ1n) is 5.79. The lowest BCUT2D eigenvalue weighted by atomic mass is 10.2. The van der Waals surface area contributed by atoms with E-state index in [9.17, 15) is 0 Å². The molecule has 0 unspecified atom stereocenters. The van der Waals surface area contributed by atoms with Crippen molar-refractivity contribution in [2.24, 2.45) is 12.8 Å². The number of nitrogens with two attached hydrogens (primary N) is 1. The summed E-state index contributed by atoms with van der Waals surface area (Å²) in [5, 5.41) is 0. The van der Waals surface area contributed by atoms with Crippen LogP contribution >= 0.6 is 0 Å². The van der Waals surface area contributed by atoms with Crippen LogP contribution in [0.2, 0.25) is 0 Å². The van der Waals surface area contributed by atoms with Gasteiger partial charge in [-0.15, -0.1) is 0 Å².